The largest absolute Gasteiger partial charge is 0.393 e. The molecule has 0 aliphatic carbocycles. The number of rotatable bonds is 2. The van der Waals surface area contributed by atoms with Crippen LogP contribution >= 0.6 is 0 Å². The Hall–Kier alpha value is -2.15. The molecule has 1 fully saturated rings. The highest BCUT2D eigenvalue weighted by atomic mass is 16.6. The van der Waals surface area contributed by atoms with Crippen molar-refractivity contribution in [2.24, 2.45) is 7.05 Å². The zero-order chi connectivity index (χ0) is 15.1. The lowest BCUT2D eigenvalue weighted by molar-refractivity contribution is -0.384. The molecule has 0 amide bonds. The lowest BCUT2D eigenvalue weighted by Gasteiger charge is -2.31. The second kappa shape index (κ2) is 5.00. The zero-order valence-corrected chi connectivity index (χ0v) is 12.1. The predicted molar refractivity (Wildman–Crippen MR) is 79.6 cm³/mol. The fourth-order valence-electron chi connectivity index (χ4n) is 2.96. The standard InChI is InChI=1S/C14H18N4O3/c1-9-11-7-14(18(20)21)13(8-12(11)16(2)15-9)17-5-3-10(19)4-6-17/h7-8,10,19H,3-6H2,1-2H3. The lowest BCUT2D eigenvalue weighted by atomic mass is 10.1. The van der Waals surface area contributed by atoms with E-state index < -0.39 is 0 Å². The third-order valence-electron chi connectivity index (χ3n) is 4.13. The fourth-order valence-corrected chi connectivity index (χ4v) is 2.96. The van der Waals surface area contributed by atoms with Crippen LogP contribution in [0.4, 0.5) is 11.4 Å². The molecule has 21 heavy (non-hydrogen) atoms. The Morgan fingerprint density at radius 2 is 2.05 bits per heavy atom. The molecule has 7 heteroatoms. The normalized spacial score (nSPS) is 16.6. The predicted octanol–water partition coefficient (Wildman–Crippen LogP) is 1.75. The van der Waals surface area contributed by atoms with E-state index in [1.165, 1.54) is 0 Å². The van der Waals surface area contributed by atoms with Gasteiger partial charge in [-0.05, 0) is 25.8 Å². The minimum atomic E-state index is -0.341. The van der Waals surface area contributed by atoms with Crippen molar-refractivity contribution in [1.29, 1.82) is 0 Å². The van der Waals surface area contributed by atoms with Crippen molar-refractivity contribution in [3.63, 3.8) is 0 Å². The van der Waals surface area contributed by atoms with E-state index in [1.54, 1.807) is 10.7 Å². The van der Waals surface area contributed by atoms with Gasteiger partial charge in [0.1, 0.15) is 5.69 Å². The molecule has 0 spiro atoms. The number of aliphatic hydroxyl groups is 1. The van der Waals surface area contributed by atoms with Crippen LogP contribution < -0.4 is 4.90 Å². The average molecular weight is 290 g/mol. The maximum absolute atomic E-state index is 11.4. The van der Waals surface area contributed by atoms with Crippen molar-refractivity contribution < 1.29 is 10.0 Å². The molecule has 1 aliphatic heterocycles. The fraction of sp³-hybridized carbons (Fsp3) is 0.500. The summed E-state index contributed by atoms with van der Waals surface area (Å²) in [6.07, 6.45) is 0.974. The number of anilines is 1. The summed E-state index contributed by atoms with van der Waals surface area (Å²) in [6, 6.07) is 3.45. The van der Waals surface area contributed by atoms with Crippen molar-refractivity contribution in [3.8, 4) is 0 Å². The van der Waals surface area contributed by atoms with Gasteiger partial charge in [-0.2, -0.15) is 5.10 Å². The van der Waals surface area contributed by atoms with Crippen molar-refractivity contribution in [3.05, 3.63) is 27.9 Å². The molecular formula is C14H18N4O3. The van der Waals surface area contributed by atoms with E-state index in [4.69, 9.17) is 0 Å². The van der Waals surface area contributed by atoms with Crippen LogP contribution in [0.25, 0.3) is 10.9 Å². The average Bonchev–Trinajstić information content (AvgIpc) is 2.73. The minimum Gasteiger partial charge on any atom is -0.393 e. The third kappa shape index (κ3) is 2.33. The molecule has 0 unspecified atom stereocenters. The Labute approximate surface area is 121 Å². The molecule has 0 saturated carbocycles. The van der Waals surface area contributed by atoms with Gasteiger partial charge in [-0.1, -0.05) is 0 Å². The van der Waals surface area contributed by atoms with Gasteiger partial charge in [-0.15, -0.1) is 0 Å². The molecule has 3 rings (SSSR count). The summed E-state index contributed by atoms with van der Waals surface area (Å²) >= 11 is 0. The van der Waals surface area contributed by atoms with Crippen molar-refractivity contribution >= 4 is 22.3 Å². The Bertz CT molecular complexity index is 702. The highest BCUT2D eigenvalue weighted by Crippen LogP contribution is 2.35. The van der Waals surface area contributed by atoms with E-state index in [2.05, 4.69) is 5.10 Å². The summed E-state index contributed by atoms with van der Waals surface area (Å²) in [6.45, 7) is 3.11. The first-order valence-corrected chi connectivity index (χ1v) is 7.02. The van der Waals surface area contributed by atoms with Gasteiger partial charge >= 0.3 is 0 Å². The summed E-state index contributed by atoms with van der Waals surface area (Å²) in [5.74, 6) is 0. The summed E-state index contributed by atoms with van der Waals surface area (Å²) in [5, 5.41) is 26.1. The molecule has 1 aliphatic rings. The maximum Gasteiger partial charge on any atom is 0.293 e. The Morgan fingerprint density at radius 1 is 1.38 bits per heavy atom. The number of hydrogen-bond acceptors (Lipinski definition) is 5. The van der Waals surface area contributed by atoms with E-state index in [-0.39, 0.29) is 16.7 Å². The highest BCUT2D eigenvalue weighted by molar-refractivity contribution is 5.90. The van der Waals surface area contributed by atoms with E-state index in [0.717, 1.165) is 16.6 Å². The lowest BCUT2D eigenvalue weighted by Crippen LogP contribution is -2.36. The Morgan fingerprint density at radius 3 is 2.67 bits per heavy atom. The molecule has 112 valence electrons. The molecule has 0 radical (unpaired) electrons. The molecule has 2 heterocycles. The van der Waals surface area contributed by atoms with Gasteiger partial charge in [0.2, 0.25) is 0 Å². The van der Waals surface area contributed by atoms with Crippen LogP contribution in [0.5, 0.6) is 0 Å². The van der Waals surface area contributed by atoms with Crippen molar-refractivity contribution in [2.75, 3.05) is 18.0 Å². The SMILES string of the molecule is Cc1nn(C)c2cc(N3CCC(O)CC3)c([N+](=O)[O-])cc12. The first-order valence-electron chi connectivity index (χ1n) is 7.02. The van der Waals surface area contributed by atoms with Crippen LogP contribution in [-0.2, 0) is 7.05 Å². The van der Waals surface area contributed by atoms with E-state index in [9.17, 15) is 15.2 Å². The van der Waals surface area contributed by atoms with Gasteiger partial charge in [-0.3, -0.25) is 14.8 Å². The number of nitro benzene ring substituents is 1. The summed E-state index contributed by atoms with van der Waals surface area (Å²) in [7, 11) is 1.84. The van der Waals surface area contributed by atoms with Gasteiger partial charge in [0.05, 0.1) is 22.2 Å². The number of fused-ring (bicyclic) bond motifs is 1. The Balaban J connectivity index is 2.13. The van der Waals surface area contributed by atoms with Crippen LogP contribution in [-0.4, -0.2) is 39.0 Å². The molecular weight excluding hydrogens is 272 g/mol. The van der Waals surface area contributed by atoms with Gasteiger partial charge in [0.15, 0.2) is 0 Å². The van der Waals surface area contributed by atoms with E-state index >= 15 is 0 Å². The van der Waals surface area contributed by atoms with E-state index in [1.807, 2.05) is 24.9 Å². The smallest absolute Gasteiger partial charge is 0.293 e. The number of aryl methyl sites for hydroxylation is 2. The monoisotopic (exact) mass is 290 g/mol. The minimum absolute atomic E-state index is 0.106. The summed E-state index contributed by atoms with van der Waals surface area (Å²) in [4.78, 5) is 13.0. The molecule has 1 N–H and O–H groups in total. The highest BCUT2D eigenvalue weighted by Gasteiger charge is 2.25. The third-order valence-corrected chi connectivity index (χ3v) is 4.13. The first-order chi connectivity index (χ1) is 9.97. The van der Waals surface area contributed by atoms with Crippen LogP contribution in [0, 0.1) is 17.0 Å². The number of benzene rings is 1. The molecule has 7 nitrogen and oxygen atoms in total. The van der Waals surface area contributed by atoms with Crippen LogP contribution in [0.15, 0.2) is 12.1 Å². The Kier molecular flexibility index (Phi) is 3.29. The van der Waals surface area contributed by atoms with Gasteiger partial charge < -0.3 is 10.0 Å². The summed E-state index contributed by atoms with van der Waals surface area (Å²) in [5.41, 5.74) is 2.40. The number of aliphatic hydroxyl groups excluding tert-OH is 1. The molecule has 1 aromatic carbocycles. The number of piperidine rings is 1. The van der Waals surface area contributed by atoms with Crippen LogP contribution in [0.1, 0.15) is 18.5 Å². The quantitative estimate of drug-likeness (QED) is 0.673. The maximum atomic E-state index is 11.4. The second-order valence-corrected chi connectivity index (χ2v) is 5.54. The molecule has 0 atom stereocenters. The number of hydrogen-bond donors (Lipinski definition) is 1. The van der Waals surface area contributed by atoms with Crippen molar-refractivity contribution in [1.82, 2.24) is 9.78 Å². The number of aromatic nitrogens is 2. The van der Waals surface area contributed by atoms with Gasteiger partial charge in [-0.25, -0.2) is 0 Å². The van der Waals surface area contributed by atoms with Gasteiger partial charge in [0.25, 0.3) is 5.69 Å². The summed E-state index contributed by atoms with van der Waals surface area (Å²) < 4.78 is 1.75. The van der Waals surface area contributed by atoms with Crippen LogP contribution in [0.3, 0.4) is 0 Å². The van der Waals surface area contributed by atoms with E-state index in [0.29, 0.717) is 31.6 Å². The number of nitrogens with zero attached hydrogens (tertiary/aromatic N) is 4. The topological polar surface area (TPSA) is 84.4 Å². The molecule has 1 aromatic heterocycles. The molecule has 0 bridgehead atoms. The van der Waals surface area contributed by atoms with Crippen molar-refractivity contribution in [2.45, 2.75) is 25.9 Å². The van der Waals surface area contributed by atoms with Gasteiger partial charge in [0, 0.05) is 31.6 Å². The first kappa shape index (κ1) is 13.8. The molecule has 2 aromatic rings. The van der Waals surface area contributed by atoms with Crippen LogP contribution in [0.2, 0.25) is 0 Å². The second-order valence-electron chi connectivity index (χ2n) is 5.54. The molecule has 1 saturated heterocycles. The zero-order valence-electron chi connectivity index (χ0n) is 12.1. The number of nitro groups is 1.